The molecule has 2 rings (SSSR count). The van der Waals surface area contributed by atoms with Crippen molar-refractivity contribution in [3.05, 3.63) is 11.8 Å². The van der Waals surface area contributed by atoms with Crippen molar-refractivity contribution in [2.75, 3.05) is 18.1 Å². The second-order valence-electron chi connectivity index (χ2n) is 4.92. The number of carbonyl (C=O) groups excluding carboxylic acids is 2. The van der Waals surface area contributed by atoms with Crippen LogP contribution in [0.2, 0.25) is 0 Å². The Bertz CT molecular complexity index is 591. The third kappa shape index (κ3) is 3.08. The van der Waals surface area contributed by atoms with Gasteiger partial charge < -0.3 is 14.6 Å². The van der Waals surface area contributed by atoms with Crippen LogP contribution in [0, 0.1) is 6.92 Å². The Morgan fingerprint density at radius 3 is 2.73 bits per heavy atom. The summed E-state index contributed by atoms with van der Waals surface area (Å²) >= 11 is 0. The highest BCUT2D eigenvalue weighted by molar-refractivity contribution is 5.99. The second-order valence-corrected chi connectivity index (χ2v) is 4.92. The van der Waals surface area contributed by atoms with Gasteiger partial charge in [0.2, 0.25) is 6.10 Å². The van der Waals surface area contributed by atoms with E-state index in [-0.39, 0.29) is 13.2 Å². The Labute approximate surface area is 126 Å². The molecule has 1 aromatic heterocycles. The van der Waals surface area contributed by atoms with Crippen LogP contribution in [0.5, 0.6) is 0 Å². The van der Waals surface area contributed by atoms with Gasteiger partial charge in [-0.3, -0.25) is 19.2 Å². The fourth-order valence-corrected chi connectivity index (χ4v) is 2.14. The van der Waals surface area contributed by atoms with Crippen molar-refractivity contribution >= 4 is 23.7 Å². The molecule has 0 radical (unpaired) electrons. The zero-order valence-electron chi connectivity index (χ0n) is 12.5. The smallest absolute Gasteiger partial charge is 0.348 e. The van der Waals surface area contributed by atoms with Crippen LogP contribution in [-0.2, 0) is 30.9 Å². The number of aryl methyl sites for hydroxylation is 2. The van der Waals surface area contributed by atoms with Crippen molar-refractivity contribution in [2.24, 2.45) is 7.05 Å². The molecule has 1 aliphatic rings. The number of ether oxygens (including phenoxy) is 2. The lowest BCUT2D eigenvalue weighted by Crippen LogP contribution is -2.55. The van der Waals surface area contributed by atoms with Gasteiger partial charge in [0, 0.05) is 25.7 Å². The number of aliphatic carboxylic acids is 1. The molecule has 2 unspecified atom stereocenters. The van der Waals surface area contributed by atoms with Gasteiger partial charge in [0.25, 0.3) is 5.91 Å². The topological polar surface area (TPSA) is 111 Å². The molecule has 1 N–H and O–H groups in total. The van der Waals surface area contributed by atoms with E-state index >= 15 is 0 Å². The molecule has 0 bridgehead atoms. The van der Waals surface area contributed by atoms with Gasteiger partial charge in [0.05, 0.1) is 13.2 Å². The molecule has 1 aliphatic heterocycles. The SMILES string of the molecule is CC(=O)OC(C(=O)O)C1OCCN(c2cc(C)n(C)n2)C1=O. The lowest BCUT2D eigenvalue weighted by atomic mass is 10.1. The number of morpholine rings is 1. The Kier molecular flexibility index (Phi) is 4.45. The minimum absolute atomic E-state index is 0.122. The predicted molar refractivity (Wildman–Crippen MR) is 73.2 cm³/mol. The Balaban J connectivity index is 2.25. The van der Waals surface area contributed by atoms with E-state index in [4.69, 9.17) is 14.6 Å². The molecule has 1 fully saturated rings. The Hall–Kier alpha value is -2.42. The van der Waals surface area contributed by atoms with Crippen molar-refractivity contribution in [3.63, 3.8) is 0 Å². The fourth-order valence-electron chi connectivity index (χ4n) is 2.14. The summed E-state index contributed by atoms with van der Waals surface area (Å²) in [5.74, 6) is -2.43. The van der Waals surface area contributed by atoms with E-state index in [1.165, 1.54) is 4.90 Å². The van der Waals surface area contributed by atoms with Crippen LogP contribution in [0.15, 0.2) is 6.07 Å². The molecular weight excluding hydrogens is 294 g/mol. The van der Waals surface area contributed by atoms with Crippen LogP contribution in [-0.4, -0.2) is 58.1 Å². The first-order valence-electron chi connectivity index (χ1n) is 6.65. The summed E-state index contributed by atoms with van der Waals surface area (Å²) in [6.07, 6.45) is -3.07. The number of amides is 1. The number of carboxylic acids is 1. The lowest BCUT2D eigenvalue weighted by Gasteiger charge is -2.33. The molecule has 1 aromatic rings. The number of carbonyl (C=O) groups is 3. The zero-order valence-corrected chi connectivity index (χ0v) is 12.5. The zero-order chi connectivity index (χ0) is 16.4. The van der Waals surface area contributed by atoms with Crippen LogP contribution in [0.25, 0.3) is 0 Å². The summed E-state index contributed by atoms with van der Waals surface area (Å²) in [5, 5.41) is 13.3. The average Bonchev–Trinajstić information content (AvgIpc) is 2.76. The third-order valence-corrected chi connectivity index (χ3v) is 3.31. The van der Waals surface area contributed by atoms with Crippen molar-refractivity contribution in [3.8, 4) is 0 Å². The largest absolute Gasteiger partial charge is 0.478 e. The van der Waals surface area contributed by atoms with Crippen molar-refractivity contribution < 1.29 is 29.0 Å². The minimum atomic E-state index is -1.68. The molecule has 9 nitrogen and oxygen atoms in total. The van der Waals surface area contributed by atoms with E-state index in [2.05, 4.69) is 5.10 Å². The molecule has 2 atom stereocenters. The highest BCUT2D eigenvalue weighted by atomic mass is 16.6. The number of rotatable bonds is 4. The van der Waals surface area contributed by atoms with Crippen molar-refractivity contribution in [2.45, 2.75) is 26.1 Å². The van der Waals surface area contributed by atoms with Gasteiger partial charge in [-0.15, -0.1) is 0 Å². The van der Waals surface area contributed by atoms with Crippen LogP contribution in [0.3, 0.4) is 0 Å². The van der Waals surface area contributed by atoms with Crippen molar-refractivity contribution in [1.29, 1.82) is 0 Å². The fraction of sp³-hybridized carbons (Fsp3) is 0.538. The predicted octanol–water partition coefficient (Wildman–Crippen LogP) is -0.523. The van der Waals surface area contributed by atoms with E-state index in [1.807, 2.05) is 6.92 Å². The highest BCUT2D eigenvalue weighted by Gasteiger charge is 2.43. The molecule has 9 heteroatoms. The number of esters is 1. The van der Waals surface area contributed by atoms with E-state index in [0.717, 1.165) is 12.6 Å². The number of anilines is 1. The van der Waals surface area contributed by atoms with E-state index in [9.17, 15) is 14.4 Å². The van der Waals surface area contributed by atoms with Gasteiger partial charge in [-0.25, -0.2) is 4.79 Å². The van der Waals surface area contributed by atoms with Gasteiger partial charge in [-0.1, -0.05) is 0 Å². The molecule has 22 heavy (non-hydrogen) atoms. The molecule has 120 valence electrons. The average molecular weight is 311 g/mol. The monoisotopic (exact) mass is 311 g/mol. The van der Waals surface area contributed by atoms with Gasteiger partial charge >= 0.3 is 11.9 Å². The Morgan fingerprint density at radius 2 is 2.23 bits per heavy atom. The van der Waals surface area contributed by atoms with Crippen molar-refractivity contribution in [1.82, 2.24) is 9.78 Å². The number of carboxylic acid groups (broad SMARTS) is 1. The molecule has 0 aromatic carbocycles. The summed E-state index contributed by atoms with van der Waals surface area (Å²) in [5.41, 5.74) is 0.848. The molecule has 0 saturated carbocycles. The summed E-state index contributed by atoms with van der Waals surface area (Å²) in [6, 6.07) is 1.71. The molecule has 2 heterocycles. The third-order valence-electron chi connectivity index (χ3n) is 3.31. The number of hydrogen-bond acceptors (Lipinski definition) is 6. The standard InChI is InChI=1S/C13H17N3O6/c1-7-6-9(14-15(7)3)16-4-5-21-10(12(16)18)11(13(19)20)22-8(2)17/h6,10-11H,4-5H2,1-3H3,(H,19,20). The maximum Gasteiger partial charge on any atom is 0.348 e. The van der Waals surface area contributed by atoms with Gasteiger partial charge in [0.15, 0.2) is 11.9 Å². The molecular formula is C13H17N3O6. The van der Waals surface area contributed by atoms with Crippen LogP contribution < -0.4 is 4.90 Å². The number of aromatic nitrogens is 2. The summed E-state index contributed by atoms with van der Waals surface area (Å²) in [4.78, 5) is 36.1. The maximum atomic E-state index is 12.5. The maximum absolute atomic E-state index is 12.5. The highest BCUT2D eigenvalue weighted by Crippen LogP contribution is 2.21. The molecule has 0 spiro atoms. The normalized spacial score (nSPS) is 19.9. The lowest BCUT2D eigenvalue weighted by molar-refractivity contribution is -0.177. The van der Waals surface area contributed by atoms with Crippen LogP contribution in [0.1, 0.15) is 12.6 Å². The first kappa shape index (κ1) is 16.0. The number of nitrogens with zero attached hydrogens (tertiary/aromatic N) is 3. The van der Waals surface area contributed by atoms with Gasteiger partial charge in [0.1, 0.15) is 0 Å². The van der Waals surface area contributed by atoms with Gasteiger partial charge in [-0.2, -0.15) is 5.10 Å². The summed E-state index contributed by atoms with van der Waals surface area (Å²) in [6.45, 7) is 3.27. The molecule has 1 saturated heterocycles. The second kappa shape index (κ2) is 6.14. The first-order valence-corrected chi connectivity index (χ1v) is 6.65. The van der Waals surface area contributed by atoms with E-state index in [1.54, 1.807) is 17.8 Å². The van der Waals surface area contributed by atoms with Crippen LogP contribution >= 0.6 is 0 Å². The van der Waals surface area contributed by atoms with E-state index < -0.39 is 30.1 Å². The van der Waals surface area contributed by atoms with Gasteiger partial charge in [-0.05, 0) is 6.92 Å². The quantitative estimate of drug-likeness (QED) is 0.744. The van der Waals surface area contributed by atoms with E-state index in [0.29, 0.717) is 5.82 Å². The summed E-state index contributed by atoms with van der Waals surface area (Å²) < 4.78 is 11.5. The summed E-state index contributed by atoms with van der Waals surface area (Å²) in [7, 11) is 1.74. The minimum Gasteiger partial charge on any atom is -0.478 e. The molecule has 0 aliphatic carbocycles. The Morgan fingerprint density at radius 1 is 1.55 bits per heavy atom. The number of hydrogen-bond donors (Lipinski definition) is 1. The molecule has 1 amide bonds. The van der Waals surface area contributed by atoms with Crippen LogP contribution in [0.4, 0.5) is 5.82 Å². The first-order chi connectivity index (χ1) is 10.3.